The number of aliphatic hydroxyl groups is 1. The third-order valence-corrected chi connectivity index (χ3v) is 7.15. The molecule has 0 radical (unpaired) electrons. The van der Waals surface area contributed by atoms with Gasteiger partial charge in [0.15, 0.2) is 23.1 Å². The van der Waals surface area contributed by atoms with E-state index in [-0.39, 0.29) is 70.3 Å². The van der Waals surface area contributed by atoms with Gasteiger partial charge in [-0.25, -0.2) is 4.39 Å². The number of methoxy groups -OCH3 is 3. The van der Waals surface area contributed by atoms with E-state index in [1.165, 1.54) is 14.2 Å². The van der Waals surface area contributed by atoms with Gasteiger partial charge in [0.25, 0.3) is 0 Å². The second-order valence-electron chi connectivity index (χ2n) is 10.6. The number of Topliss-reactive ketones (excluding diaryl/α,β-unsaturated/α-hetero) is 1. The molecule has 10 heteroatoms. The number of nitrogens with one attached hydrogen (secondary N) is 1. The minimum absolute atomic E-state index is 0. The standard InChI is InChI=1S/C28H36FN3O5.BrH/c1-28(2,3)19-11-16(12-20(25(19)36-5)31-9-7-18(33)8-10-31)21(34)15-32-14-17-13-22(35-4)26(37-6)24(29)23(17)27(32)30;/h11-13,18,30,33H,7-10,14-15H2,1-6H3;1H. The Morgan fingerprint density at radius 3 is 2.26 bits per heavy atom. The summed E-state index contributed by atoms with van der Waals surface area (Å²) < 4.78 is 31.4. The van der Waals surface area contributed by atoms with Gasteiger partial charge >= 0.3 is 0 Å². The molecule has 1 saturated heterocycles. The maximum atomic E-state index is 15.2. The van der Waals surface area contributed by atoms with Crippen LogP contribution in [0.5, 0.6) is 17.2 Å². The molecule has 0 aromatic heterocycles. The van der Waals surface area contributed by atoms with Gasteiger partial charge in [0.1, 0.15) is 11.6 Å². The number of hydrogen-bond acceptors (Lipinski definition) is 7. The fraction of sp³-hybridized carbons (Fsp3) is 0.500. The molecule has 2 aromatic rings. The van der Waals surface area contributed by atoms with Crippen molar-refractivity contribution < 1.29 is 28.5 Å². The number of fused-ring (bicyclic) bond motifs is 1. The number of halogens is 2. The number of aliphatic hydroxyl groups excluding tert-OH is 1. The van der Waals surface area contributed by atoms with Crippen LogP contribution in [0.3, 0.4) is 0 Å². The fourth-order valence-corrected chi connectivity index (χ4v) is 5.11. The lowest BCUT2D eigenvalue weighted by Gasteiger charge is -2.35. The number of piperidine rings is 1. The van der Waals surface area contributed by atoms with Crippen molar-refractivity contribution in [2.75, 3.05) is 45.9 Å². The van der Waals surface area contributed by atoms with E-state index in [1.54, 1.807) is 18.1 Å². The zero-order valence-electron chi connectivity index (χ0n) is 22.8. The van der Waals surface area contributed by atoms with Crippen LogP contribution in [-0.4, -0.2) is 68.7 Å². The fourth-order valence-electron chi connectivity index (χ4n) is 5.11. The first-order valence-electron chi connectivity index (χ1n) is 12.5. The highest BCUT2D eigenvalue weighted by molar-refractivity contribution is 8.93. The first kappa shape index (κ1) is 29.7. The molecule has 2 aliphatic heterocycles. The van der Waals surface area contributed by atoms with Crippen molar-refractivity contribution >= 4 is 34.3 Å². The van der Waals surface area contributed by atoms with Crippen molar-refractivity contribution in [2.24, 2.45) is 0 Å². The Hall–Kier alpha value is -2.85. The van der Waals surface area contributed by atoms with Crippen molar-refractivity contribution in [3.8, 4) is 17.2 Å². The van der Waals surface area contributed by atoms with Crippen molar-refractivity contribution in [2.45, 2.75) is 51.7 Å². The van der Waals surface area contributed by atoms with E-state index in [4.69, 9.17) is 19.6 Å². The Morgan fingerprint density at radius 2 is 1.71 bits per heavy atom. The third kappa shape index (κ3) is 5.47. The molecule has 0 atom stereocenters. The van der Waals surface area contributed by atoms with Crippen molar-refractivity contribution in [3.05, 3.63) is 46.3 Å². The van der Waals surface area contributed by atoms with Crippen LogP contribution >= 0.6 is 17.0 Å². The average molecular weight is 595 g/mol. The SMILES string of the molecule is Br.COc1cc2c(c(F)c1OC)C(=N)N(CC(=O)c1cc(N3CCC(O)CC3)c(OC)c(C(C)(C)C)c1)C2. The minimum atomic E-state index is -0.661. The largest absolute Gasteiger partial charge is 0.494 e. The van der Waals surface area contributed by atoms with Crippen molar-refractivity contribution in [1.29, 1.82) is 5.41 Å². The van der Waals surface area contributed by atoms with Crippen LogP contribution in [0.1, 0.15) is 60.7 Å². The molecule has 1 fully saturated rings. The molecule has 8 nitrogen and oxygen atoms in total. The summed E-state index contributed by atoms with van der Waals surface area (Å²) in [6, 6.07) is 5.36. The van der Waals surface area contributed by atoms with Gasteiger partial charge in [-0.15, -0.1) is 17.0 Å². The molecule has 2 heterocycles. The summed E-state index contributed by atoms with van der Waals surface area (Å²) in [6.45, 7) is 7.67. The highest BCUT2D eigenvalue weighted by Gasteiger charge is 2.34. The van der Waals surface area contributed by atoms with Gasteiger partial charge in [-0.05, 0) is 42.0 Å². The minimum Gasteiger partial charge on any atom is -0.494 e. The molecule has 38 heavy (non-hydrogen) atoms. The molecule has 0 unspecified atom stereocenters. The van der Waals surface area contributed by atoms with Gasteiger partial charge in [-0.1, -0.05) is 20.8 Å². The molecule has 0 spiro atoms. The van der Waals surface area contributed by atoms with E-state index in [2.05, 4.69) is 25.7 Å². The van der Waals surface area contributed by atoms with E-state index in [0.29, 0.717) is 37.1 Å². The van der Waals surface area contributed by atoms with E-state index in [0.717, 1.165) is 17.0 Å². The summed E-state index contributed by atoms with van der Waals surface area (Å²) in [5.74, 6) is 0.0234. The van der Waals surface area contributed by atoms with Gasteiger partial charge in [0.2, 0.25) is 0 Å². The maximum Gasteiger partial charge on any atom is 0.197 e. The molecular formula is C28H37BrFN3O5. The summed E-state index contributed by atoms with van der Waals surface area (Å²) >= 11 is 0. The summed E-state index contributed by atoms with van der Waals surface area (Å²) in [5, 5.41) is 18.6. The van der Waals surface area contributed by atoms with Crippen LogP contribution < -0.4 is 19.1 Å². The Balaban J connectivity index is 0.00000400. The number of benzene rings is 2. The summed E-state index contributed by atoms with van der Waals surface area (Å²) in [7, 11) is 4.42. The number of anilines is 1. The summed E-state index contributed by atoms with van der Waals surface area (Å²) in [6.07, 6.45) is 0.969. The van der Waals surface area contributed by atoms with Crippen LogP contribution in [0, 0.1) is 11.2 Å². The molecule has 2 aliphatic rings. The number of rotatable bonds is 7. The number of hydrogen-bond donors (Lipinski definition) is 2. The zero-order chi connectivity index (χ0) is 27.1. The lowest BCUT2D eigenvalue weighted by molar-refractivity contribution is 0.0962. The molecule has 0 aliphatic carbocycles. The predicted molar refractivity (Wildman–Crippen MR) is 151 cm³/mol. The van der Waals surface area contributed by atoms with E-state index in [1.807, 2.05) is 12.1 Å². The topological polar surface area (TPSA) is 95.3 Å². The summed E-state index contributed by atoms with van der Waals surface area (Å²) in [5.41, 5.74) is 2.64. The number of carbonyl (C=O) groups excluding carboxylic acids is 1. The molecule has 208 valence electrons. The van der Waals surface area contributed by atoms with Crippen molar-refractivity contribution in [3.63, 3.8) is 0 Å². The normalized spacial score (nSPS) is 15.7. The average Bonchev–Trinajstić information content (AvgIpc) is 3.17. The molecule has 2 N–H and O–H groups in total. The van der Waals surface area contributed by atoms with Gasteiger partial charge in [-0.3, -0.25) is 10.2 Å². The van der Waals surface area contributed by atoms with E-state index in [9.17, 15) is 9.90 Å². The maximum absolute atomic E-state index is 15.2. The molecular weight excluding hydrogens is 557 g/mol. The zero-order valence-corrected chi connectivity index (χ0v) is 24.5. The molecule has 0 saturated carbocycles. The lowest BCUT2D eigenvalue weighted by atomic mass is 9.84. The van der Waals surface area contributed by atoms with Crippen LogP contribution in [-0.2, 0) is 12.0 Å². The monoisotopic (exact) mass is 593 g/mol. The van der Waals surface area contributed by atoms with Crippen LogP contribution in [0.15, 0.2) is 18.2 Å². The lowest BCUT2D eigenvalue weighted by Crippen LogP contribution is -2.36. The third-order valence-electron chi connectivity index (χ3n) is 7.15. The van der Waals surface area contributed by atoms with Gasteiger partial charge in [0, 0.05) is 30.8 Å². The van der Waals surface area contributed by atoms with Crippen LogP contribution in [0.2, 0.25) is 0 Å². The number of carbonyl (C=O) groups is 1. The van der Waals surface area contributed by atoms with Crippen LogP contribution in [0.4, 0.5) is 10.1 Å². The molecule has 2 aromatic carbocycles. The number of ether oxygens (including phenoxy) is 3. The number of nitrogens with zero attached hydrogens (tertiary/aromatic N) is 2. The first-order valence-corrected chi connectivity index (χ1v) is 12.5. The molecule has 0 amide bonds. The van der Waals surface area contributed by atoms with Crippen LogP contribution in [0.25, 0.3) is 0 Å². The van der Waals surface area contributed by atoms with Gasteiger partial charge in [0.05, 0.1) is 45.2 Å². The Kier molecular flexibility index (Phi) is 8.98. The molecule has 4 rings (SSSR count). The van der Waals surface area contributed by atoms with Gasteiger partial charge < -0.3 is 29.1 Å². The van der Waals surface area contributed by atoms with Crippen molar-refractivity contribution in [1.82, 2.24) is 4.90 Å². The predicted octanol–water partition coefficient (Wildman–Crippen LogP) is 4.71. The van der Waals surface area contributed by atoms with Gasteiger partial charge in [-0.2, -0.15) is 0 Å². The Labute approximate surface area is 233 Å². The van der Waals surface area contributed by atoms with E-state index >= 15 is 4.39 Å². The number of amidine groups is 1. The summed E-state index contributed by atoms with van der Waals surface area (Å²) in [4.78, 5) is 17.3. The Bertz CT molecular complexity index is 1220. The highest BCUT2D eigenvalue weighted by Crippen LogP contribution is 2.42. The second kappa shape index (κ2) is 11.5. The smallest absolute Gasteiger partial charge is 0.197 e. The Morgan fingerprint density at radius 1 is 1.08 bits per heavy atom. The molecule has 0 bridgehead atoms. The second-order valence-corrected chi connectivity index (χ2v) is 10.6. The first-order chi connectivity index (χ1) is 17.5. The quantitative estimate of drug-likeness (QED) is 0.449. The highest BCUT2D eigenvalue weighted by atomic mass is 79.9. The van der Waals surface area contributed by atoms with E-state index < -0.39 is 5.82 Å². The number of ketones is 1.